The molecule has 0 aromatic heterocycles. The molecule has 186 valence electrons. The number of hydrogen-bond acceptors (Lipinski definition) is 0. The molecule has 5 aromatic rings. The minimum atomic E-state index is 0.309. The van der Waals surface area contributed by atoms with Gasteiger partial charge in [0.15, 0.2) is 0 Å². The van der Waals surface area contributed by atoms with Crippen molar-refractivity contribution in [1.82, 2.24) is 0 Å². The molecule has 6 rings (SSSR count). The van der Waals surface area contributed by atoms with Gasteiger partial charge in [0.05, 0.1) is 0 Å². The monoisotopic (exact) mass is 490 g/mol. The van der Waals surface area contributed by atoms with Crippen molar-refractivity contribution in [2.45, 2.75) is 33.1 Å². The second kappa shape index (κ2) is 10.3. The molecule has 0 aliphatic heterocycles. The van der Waals surface area contributed by atoms with Crippen LogP contribution in [0.5, 0.6) is 0 Å². The minimum absolute atomic E-state index is 0.309. The first kappa shape index (κ1) is 24.2. The molecule has 0 saturated heterocycles. The summed E-state index contributed by atoms with van der Waals surface area (Å²) in [5.74, 6) is 0.633. The lowest BCUT2D eigenvalue weighted by Gasteiger charge is -2.29. The van der Waals surface area contributed by atoms with Crippen molar-refractivity contribution < 1.29 is 0 Å². The van der Waals surface area contributed by atoms with E-state index in [0.29, 0.717) is 11.8 Å². The zero-order valence-corrected chi connectivity index (χ0v) is 22.5. The number of benzene rings is 5. The second-order valence-corrected chi connectivity index (χ2v) is 10.5. The molecule has 0 heteroatoms. The van der Waals surface area contributed by atoms with Crippen molar-refractivity contribution in [2.24, 2.45) is 5.92 Å². The maximum absolute atomic E-state index is 2.48. The normalized spacial score (nSPS) is 17.0. The predicted molar refractivity (Wildman–Crippen MR) is 167 cm³/mol. The van der Waals surface area contributed by atoms with Crippen LogP contribution < -0.4 is 0 Å². The molecule has 2 atom stereocenters. The zero-order chi connectivity index (χ0) is 26.1. The highest BCUT2D eigenvalue weighted by Crippen LogP contribution is 2.45. The SMILES string of the molecule is C/C=C\C=C/C(C)C1=C(c2ccccc2C)C(c2ccc3c4ccccc4c4ccccc4c3c2)CC=C1. The van der Waals surface area contributed by atoms with Crippen LogP contribution in [0.4, 0.5) is 0 Å². The van der Waals surface area contributed by atoms with E-state index in [4.69, 9.17) is 0 Å². The average molecular weight is 491 g/mol. The summed E-state index contributed by atoms with van der Waals surface area (Å²) in [5, 5.41) is 7.99. The molecule has 0 spiro atoms. The number of aryl methyl sites for hydroxylation is 1. The van der Waals surface area contributed by atoms with Crippen molar-refractivity contribution in [3.05, 3.63) is 150 Å². The van der Waals surface area contributed by atoms with Gasteiger partial charge in [-0.15, -0.1) is 0 Å². The van der Waals surface area contributed by atoms with E-state index in [2.05, 4.69) is 148 Å². The van der Waals surface area contributed by atoms with Crippen LogP contribution in [-0.2, 0) is 0 Å². The maximum atomic E-state index is 2.48. The van der Waals surface area contributed by atoms with Crippen molar-refractivity contribution in [2.75, 3.05) is 0 Å². The van der Waals surface area contributed by atoms with Crippen LogP contribution >= 0.6 is 0 Å². The summed E-state index contributed by atoms with van der Waals surface area (Å²) in [7, 11) is 0. The van der Waals surface area contributed by atoms with Crippen molar-refractivity contribution in [3.63, 3.8) is 0 Å². The fourth-order valence-electron chi connectivity index (χ4n) is 6.25. The van der Waals surface area contributed by atoms with Gasteiger partial charge < -0.3 is 0 Å². The summed E-state index contributed by atoms with van der Waals surface area (Å²) < 4.78 is 0. The van der Waals surface area contributed by atoms with Gasteiger partial charge in [0.1, 0.15) is 0 Å². The van der Waals surface area contributed by atoms with E-state index in [0.717, 1.165) is 6.42 Å². The highest BCUT2D eigenvalue weighted by Gasteiger charge is 2.26. The van der Waals surface area contributed by atoms with Crippen LogP contribution in [0, 0.1) is 12.8 Å². The molecule has 0 amide bonds. The summed E-state index contributed by atoms with van der Waals surface area (Å²) in [4.78, 5) is 0. The van der Waals surface area contributed by atoms with Gasteiger partial charge in [-0.3, -0.25) is 0 Å². The van der Waals surface area contributed by atoms with Crippen molar-refractivity contribution >= 4 is 37.9 Å². The van der Waals surface area contributed by atoms with Crippen LogP contribution in [0.3, 0.4) is 0 Å². The van der Waals surface area contributed by atoms with Gasteiger partial charge in [-0.05, 0) is 92.4 Å². The third kappa shape index (κ3) is 4.21. The van der Waals surface area contributed by atoms with Gasteiger partial charge in [0, 0.05) is 5.92 Å². The Hall–Kier alpha value is -4.16. The van der Waals surface area contributed by atoms with E-state index in [1.165, 1.54) is 60.2 Å². The van der Waals surface area contributed by atoms with E-state index < -0.39 is 0 Å². The maximum Gasteiger partial charge on any atom is 0.0133 e. The van der Waals surface area contributed by atoms with Gasteiger partial charge in [0.25, 0.3) is 0 Å². The molecule has 0 fully saturated rings. The number of hydrogen-bond donors (Lipinski definition) is 0. The second-order valence-electron chi connectivity index (χ2n) is 10.5. The Morgan fingerprint density at radius 3 is 1.97 bits per heavy atom. The Morgan fingerprint density at radius 1 is 0.711 bits per heavy atom. The lowest BCUT2D eigenvalue weighted by molar-refractivity contribution is 0.813. The van der Waals surface area contributed by atoms with Gasteiger partial charge in [-0.2, -0.15) is 0 Å². The summed E-state index contributed by atoms with van der Waals surface area (Å²) >= 11 is 0. The molecule has 0 heterocycles. The summed E-state index contributed by atoms with van der Waals surface area (Å²) in [5.41, 5.74) is 6.98. The van der Waals surface area contributed by atoms with E-state index in [1.807, 2.05) is 0 Å². The lowest BCUT2D eigenvalue weighted by atomic mass is 9.74. The number of allylic oxidation sites excluding steroid dienone is 8. The first-order valence-electron chi connectivity index (χ1n) is 13.8. The number of fused-ring (bicyclic) bond motifs is 6. The van der Waals surface area contributed by atoms with Crippen LogP contribution in [0.25, 0.3) is 37.9 Å². The molecule has 0 saturated carbocycles. The topological polar surface area (TPSA) is 0 Å². The molecule has 2 unspecified atom stereocenters. The zero-order valence-electron chi connectivity index (χ0n) is 22.5. The Labute approximate surface area is 226 Å². The highest BCUT2D eigenvalue weighted by molar-refractivity contribution is 6.25. The van der Waals surface area contributed by atoms with Gasteiger partial charge in [-0.25, -0.2) is 0 Å². The van der Waals surface area contributed by atoms with Crippen LogP contribution in [-0.4, -0.2) is 0 Å². The first-order chi connectivity index (χ1) is 18.7. The third-order valence-electron chi connectivity index (χ3n) is 8.13. The standard InChI is InChI=1S/C38H34/c1-4-5-6-14-26(2)30-21-13-22-31(38(30)29-16-8-7-15-27(29)3)28-23-24-36-34-19-10-9-17-32(34)33-18-11-12-20-35(33)37(36)25-28/h4-21,23-26,31H,22H2,1-3H3/b5-4-,14-6-. The van der Waals surface area contributed by atoms with E-state index in [-0.39, 0.29) is 0 Å². The van der Waals surface area contributed by atoms with Gasteiger partial charge >= 0.3 is 0 Å². The predicted octanol–water partition coefficient (Wildman–Crippen LogP) is 10.7. The van der Waals surface area contributed by atoms with Crippen LogP contribution in [0.15, 0.2) is 133 Å². The Morgan fingerprint density at radius 2 is 1.32 bits per heavy atom. The van der Waals surface area contributed by atoms with Crippen molar-refractivity contribution in [3.8, 4) is 0 Å². The Balaban J connectivity index is 1.59. The first-order valence-corrected chi connectivity index (χ1v) is 13.8. The summed E-state index contributed by atoms with van der Waals surface area (Å²) in [6, 6.07) is 33.8. The number of rotatable bonds is 5. The Kier molecular flexibility index (Phi) is 6.56. The molecule has 0 N–H and O–H groups in total. The molecule has 38 heavy (non-hydrogen) atoms. The van der Waals surface area contributed by atoms with E-state index >= 15 is 0 Å². The molecule has 1 aliphatic rings. The fraction of sp³-hybridized carbons (Fsp3) is 0.158. The minimum Gasteiger partial charge on any atom is -0.0877 e. The van der Waals surface area contributed by atoms with E-state index in [1.54, 1.807) is 0 Å². The molecular formula is C38H34. The van der Waals surface area contributed by atoms with E-state index in [9.17, 15) is 0 Å². The molecule has 0 radical (unpaired) electrons. The molecule has 5 aromatic carbocycles. The molecule has 0 bridgehead atoms. The quantitative estimate of drug-likeness (QED) is 0.170. The molecule has 1 aliphatic carbocycles. The smallest absolute Gasteiger partial charge is 0.0133 e. The third-order valence-corrected chi connectivity index (χ3v) is 8.13. The van der Waals surface area contributed by atoms with Gasteiger partial charge in [-0.1, -0.05) is 128 Å². The average Bonchev–Trinajstić information content (AvgIpc) is 2.97. The molecule has 0 nitrogen and oxygen atoms in total. The summed E-state index contributed by atoms with van der Waals surface area (Å²) in [6.45, 7) is 6.63. The Bertz CT molecular complexity index is 1740. The van der Waals surface area contributed by atoms with Crippen LogP contribution in [0.2, 0.25) is 0 Å². The highest BCUT2D eigenvalue weighted by atomic mass is 14.3. The summed E-state index contributed by atoms with van der Waals surface area (Å²) in [6.07, 6.45) is 14.5. The largest absolute Gasteiger partial charge is 0.0877 e. The fourth-order valence-corrected chi connectivity index (χ4v) is 6.25. The van der Waals surface area contributed by atoms with Gasteiger partial charge in [0.2, 0.25) is 0 Å². The lowest BCUT2D eigenvalue weighted by Crippen LogP contribution is -2.11. The van der Waals surface area contributed by atoms with Crippen LogP contribution in [0.1, 0.15) is 42.9 Å². The molecular weight excluding hydrogens is 456 g/mol. The van der Waals surface area contributed by atoms with Crippen molar-refractivity contribution in [1.29, 1.82) is 0 Å².